The summed E-state index contributed by atoms with van der Waals surface area (Å²) in [5.41, 5.74) is 0.906. The van der Waals surface area contributed by atoms with Crippen molar-refractivity contribution >= 4 is 0 Å². The van der Waals surface area contributed by atoms with Crippen LogP contribution in [0.25, 0.3) is 0 Å². The highest BCUT2D eigenvalue weighted by Crippen LogP contribution is 2.16. The normalized spacial score (nSPS) is 10.6. The van der Waals surface area contributed by atoms with Crippen molar-refractivity contribution in [2.45, 2.75) is 26.3 Å². The van der Waals surface area contributed by atoms with E-state index < -0.39 is 0 Å². The van der Waals surface area contributed by atoms with Crippen LogP contribution in [-0.2, 0) is 11.3 Å². The molecule has 0 saturated heterocycles. The van der Waals surface area contributed by atoms with Crippen molar-refractivity contribution in [2.24, 2.45) is 0 Å². The van der Waals surface area contributed by atoms with E-state index >= 15 is 0 Å². The molecule has 0 unspecified atom stereocenters. The molecule has 0 aliphatic heterocycles. The van der Waals surface area contributed by atoms with Gasteiger partial charge < -0.3 is 14.8 Å². The number of nitrogens with one attached hydrogen (secondary N) is 1. The summed E-state index contributed by atoms with van der Waals surface area (Å²) in [7, 11) is 1.68. The molecule has 1 aromatic rings. The van der Waals surface area contributed by atoms with Crippen LogP contribution < -0.4 is 10.1 Å². The van der Waals surface area contributed by atoms with E-state index in [9.17, 15) is 4.39 Å². The molecule has 0 heterocycles. The minimum absolute atomic E-state index is 0.253. The number of halogens is 1. The molecule has 0 atom stereocenters. The van der Waals surface area contributed by atoms with Gasteiger partial charge >= 0.3 is 0 Å². The number of benzene rings is 1. The maximum Gasteiger partial charge on any atom is 0.127 e. The summed E-state index contributed by atoms with van der Waals surface area (Å²) in [4.78, 5) is 0. The summed E-state index contributed by atoms with van der Waals surface area (Å²) in [5.74, 6) is 0.345. The van der Waals surface area contributed by atoms with Crippen LogP contribution in [0.1, 0.15) is 25.3 Å². The molecule has 1 rings (SSSR count). The maximum atomic E-state index is 13.4. The number of hydrogen-bond donors (Lipinski definition) is 1. The third-order valence-electron chi connectivity index (χ3n) is 2.52. The average Bonchev–Trinajstić information content (AvgIpc) is 2.35. The Morgan fingerprint density at radius 1 is 1.17 bits per heavy atom. The van der Waals surface area contributed by atoms with Gasteiger partial charge in [0.2, 0.25) is 0 Å². The topological polar surface area (TPSA) is 30.5 Å². The Balaban J connectivity index is 2.41. The molecular weight excluding hydrogens is 233 g/mol. The van der Waals surface area contributed by atoms with Crippen LogP contribution in [0.15, 0.2) is 18.2 Å². The van der Waals surface area contributed by atoms with E-state index in [-0.39, 0.29) is 5.82 Å². The van der Waals surface area contributed by atoms with Gasteiger partial charge in [0.25, 0.3) is 0 Å². The Hall–Kier alpha value is -1.13. The summed E-state index contributed by atoms with van der Waals surface area (Å²) >= 11 is 0. The summed E-state index contributed by atoms with van der Waals surface area (Å²) in [5, 5.41) is 3.16. The summed E-state index contributed by atoms with van der Waals surface area (Å²) in [6.45, 7) is 4.87. The first-order valence-electron chi connectivity index (χ1n) is 6.38. The quantitative estimate of drug-likeness (QED) is 0.688. The lowest BCUT2D eigenvalue weighted by Gasteiger charge is -2.09. The Kier molecular flexibility index (Phi) is 7.37. The molecule has 4 heteroatoms. The first-order chi connectivity index (χ1) is 8.76. The van der Waals surface area contributed by atoms with Crippen molar-refractivity contribution in [3.8, 4) is 5.75 Å². The monoisotopic (exact) mass is 255 g/mol. The van der Waals surface area contributed by atoms with Gasteiger partial charge in [-0.25, -0.2) is 4.39 Å². The molecular formula is C14H22FNO2. The fraction of sp³-hybridized carbons (Fsp3) is 0.571. The largest absolute Gasteiger partial charge is 0.493 e. The lowest BCUT2D eigenvalue weighted by atomic mass is 10.2. The highest BCUT2D eigenvalue weighted by atomic mass is 19.1. The molecule has 18 heavy (non-hydrogen) atoms. The molecule has 0 aliphatic carbocycles. The molecule has 3 nitrogen and oxygen atoms in total. The van der Waals surface area contributed by atoms with Gasteiger partial charge in [0, 0.05) is 26.3 Å². The summed E-state index contributed by atoms with van der Waals surface area (Å²) in [6.07, 6.45) is 1.86. The van der Waals surface area contributed by atoms with E-state index in [1.165, 1.54) is 12.1 Å². The highest BCUT2D eigenvalue weighted by molar-refractivity contribution is 5.29. The zero-order valence-electron chi connectivity index (χ0n) is 11.2. The summed E-state index contributed by atoms with van der Waals surface area (Å²) in [6, 6.07) is 4.83. The molecule has 1 N–H and O–H groups in total. The zero-order valence-corrected chi connectivity index (χ0v) is 11.2. The number of hydrogen-bond acceptors (Lipinski definition) is 3. The van der Waals surface area contributed by atoms with Crippen molar-refractivity contribution in [3.05, 3.63) is 29.6 Å². The highest BCUT2D eigenvalue weighted by Gasteiger charge is 2.01. The van der Waals surface area contributed by atoms with Crippen LogP contribution in [-0.4, -0.2) is 26.9 Å². The molecule has 0 saturated carbocycles. The van der Waals surface area contributed by atoms with Crippen LogP contribution >= 0.6 is 0 Å². The van der Waals surface area contributed by atoms with Crippen LogP contribution in [0.5, 0.6) is 5.75 Å². The van der Waals surface area contributed by atoms with Crippen molar-refractivity contribution in [1.82, 2.24) is 5.32 Å². The van der Waals surface area contributed by atoms with Crippen molar-refractivity contribution in [1.29, 1.82) is 0 Å². The lowest BCUT2D eigenvalue weighted by Crippen LogP contribution is -2.12. The summed E-state index contributed by atoms with van der Waals surface area (Å²) < 4.78 is 23.8. The number of unbranched alkanes of at least 4 members (excludes halogenated alkanes) is 1. The molecule has 0 radical (unpaired) electrons. The van der Waals surface area contributed by atoms with E-state index in [4.69, 9.17) is 9.47 Å². The van der Waals surface area contributed by atoms with E-state index in [0.29, 0.717) is 18.9 Å². The Bertz CT molecular complexity index is 345. The first-order valence-corrected chi connectivity index (χ1v) is 6.38. The number of rotatable bonds is 9. The predicted octanol–water partition coefficient (Wildman–Crippen LogP) is 2.74. The molecule has 0 fully saturated rings. The van der Waals surface area contributed by atoms with Gasteiger partial charge in [-0.05, 0) is 37.1 Å². The second-order valence-electron chi connectivity index (χ2n) is 4.12. The molecule has 0 spiro atoms. The Morgan fingerprint density at radius 2 is 1.94 bits per heavy atom. The van der Waals surface area contributed by atoms with E-state index in [2.05, 4.69) is 5.32 Å². The smallest absolute Gasteiger partial charge is 0.127 e. The van der Waals surface area contributed by atoms with Gasteiger partial charge in [-0.1, -0.05) is 6.92 Å². The van der Waals surface area contributed by atoms with Crippen LogP contribution in [0.4, 0.5) is 4.39 Å². The van der Waals surface area contributed by atoms with Gasteiger partial charge in [0.15, 0.2) is 0 Å². The lowest BCUT2D eigenvalue weighted by molar-refractivity contribution is 0.184. The standard InChI is InChI=1S/C14H22FNO2/c1-3-16-11-12-8-13(15)10-14(9-12)18-7-5-4-6-17-2/h8-10,16H,3-7,11H2,1-2H3. The molecule has 102 valence electrons. The van der Waals surface area contributed by atoms with Crippen LogP contribution in [0.2, 0.25) is 0 Å². The minimum atomic E-state index is -0.253. The van der Waals surface area contributed by atoms with Crippen molar-refractivity contribution < 1.29 is 13.9 Å². The minimum Gasteiger partial charge on any atom is -0.493 e. The SMILES string of the molecule is CCNCc1cc(F)cc(OCCCCOC)c1. The van der Waals surface area contributed by atoms with Crippen LogP contribution in [0.3, 0.4) is 0 Å². The maximum absolute atomic E-state index is 13.4. The second-order valence-corrected chi connectivity index (χ2v) is 4.12. The van der Waals surface area contributed by atoms with E-state index in [1.54, 1.807) is 7.11 Å². The molecule has 0 bridgehead atoms. The fourth-order valence-corrected chi connectivity index (χ4v) is 1.61. The second kappa shape index (κ2) is 8.89. The third-order valence-corrected chi connectivity index (χ3v) is 2.52. The van der Waals surface area contributed by atoms with Crippen molar-refractivity contribution in [3.63, 3.8) is 0 Å². The zero-order chi connectivity index (χ0) is 13.2. The predicted molar refractivity (Wildman–Crippen MR) is 70.4 cm³/mol. The average molecular weight is 255 g/mol. The van der Waals surface area contributed by atoms with E-state index in [0.717, 1.165) is 31.6 Å². The molecule has 0 aliphatic rings. The third kappa shape index (κ3) is 5.98. The number of ether oxygens (including phenoxy) is 2. The number of methoxy groups -OCH3 is 1. The van der Waals surface area contributed by atoms with Gasteiger partial charge in [0.05, 0.1) is 6.61 Å². The van der Waals surface area contributed by atoms with Gasteiger partial charge in [-0.3, -0.25) is 0 Å². The van der Waals surface area contributed by atoms with Crippen molar-refractivity contribution in [2.75, 3.05) is 26.9 Å². The van der Waals surface area contributed by atoms with Crippen LogP contribution in [0, 0.1) is 5.82 Å². The van der Waals surface area contributed by atoms with Gasteiger partial charge in [-0.2, -0.15) is 0 Å². The Morgan fingerprint density at radius 3 is 2.67 bits per heavy atom. The fourth-order valence-electron chi connectivity index (χ4n) is 1.61. The van der Waals surface area contributed by atoms with Gasteiger partial charge in [0.1, 0.15) is 11.6 Å². The van der Waals surface area contributed by atoms with E-state index in [1.807, 2.05) is 13.0 Å². The first kappa shape index (κ1) is 14.9. The van der Waals surface area contributed by atoms with Gasteiger partial charge in [-0.15, -0.1) is 0 Å². The molecule has 0 amide bonds. The Labute approximate surface area is 108 Å². The molecule has 0 aromatic heterocycles. The molecule has 1 aromatic carbocycles.